The van der Waals surface area contributed by atoms with Crippen molar-refractivity contribution in [1.82, 2.24) is 14.9 Å². The van der Waals surface area contributed by atoms with Crippen LogP contribution in [0.5, 0.6) is 0 Å². The monoisotopic (exact) mass is 331 g/mol. The Hall–Kier alpha value is -1.85. The van der Waals surface area contributed by atoms with E-state index in [0.29, 0.717) is 11.1 Å². The fourth-order valence-corrected chi connectivity index (χ4v) is 3.20. The number of hydrogen-bond acceptors (Lipinski definition) is 5. The molecule has 0 radical (unpaired) electrons. The molecule has 0 amide bonds. The second kappa shape index (κ2) is 7.15. The van der Waals surface area contributed by atoms with Gasteiger partial charge in [0.1, 0.15) is 5.82 Å². The summed E-state index contributed by atoms with van der Waals surface area (Å²) in [4.78, 5) is 10.9. The highest BCUT2D eigenvalue weighted by atomic mass is 35.5. The van der Waals surface area contributed by atoms with Gasteiger partial charge in [-0.1, -0.05) is 30.2 Å². The van der Waals surface area contributed by atoms with Gasteiger partial charge in [-0.15, -0.1) is 0 Å². The molecule has 6 heteroatoms. The zero-order chi connectivity index (χ0) is 16.2. The zero-order valence-corrected chi connectivity index (χ0v) is 14.1. The molecule has 1 aliphatic heterocycles. The molecule has 1 aliphatic rings. The number of aromatic nitrogens is 2. The van der Waals surface area contributed by atoms with E-state index in [9.17, 15) is 0 Å². The highest BCUT2D eigenvalue weighted by Crippen LogP contribution is 2.28. The summed E-state index contributed by atoms with van der Waals surface area (Å²) >= 11 is 6.10. The largest absolute Gasteiger partial charge is 0.368 e. The Morgan fingerprint density at radius 2 is 2.26 bits per heavy atom. The third-order valence-electron chi connectivity index (χ3n) is 4.37. The average molecular weight is 332 g/mol. The molecule has 1 unspecified atom stereocenters. The standard InChI is InChI=1S/C17H22ClN5/c1-23-8-3-2-7-14(23)10-20-16-15(11-21-17(19)22-16)12-5-4-6-13(18)9-12/h4-6,9,11,14H,2-3,7-8,10H2,1H3,(H3,19,20,21,22). The van der Waals surface area contributed by atoms with E-state index in [-0.39, 0.29) is 5.95 Å². The minimum absolute atomic E-state index is 0.273. The summed E-state index contributed by atoms with van der Waals surface area (Å²) in [7, 11) is 2.18. The van der Waals surface area contributed by atoms with Crippen LogP contribution in [-0.4, -0.2) is 41.0 Å². The van der Waals surface area contributed by atoms with Gasteiger partial charge in [-0.2, -0.15) is 4.98 Å². The van der Waals surface area contributed by atoms with E-state index >= 15 is 0 Å². The van der Waals surface area contributed by atoms with E-state index in [1.165, 1.54) is 19.3 Å². The number of rotatable bonds is 4. The third kappa shape index (κ3) is 3.92. The molecule has 0 aliphatic carbocycles. The molecule has 2 heterocycles. The molecule has 3 rings (SSSR count). The number of nitrogens with two attached hydrogens (primary N) is 1. The molecule has 1 aromatic carbocycles. The second-order valence-electron chi connectivity index (χ2n) is 6.01. The first-order valence-electron chi connectivity index (χ1n) is 7.96. The van der Waals surface area contributed by atoms with Crippen molar-refractivity contribution in [3.8, 4) is 11.1 Å². The number of nitrogens with one attached hydrogen (secondary N) is 1. The van der Waals surface area contributed by atoms with Gasteiger partial charge in [-0.25, -0.2) is 4.98 Å². The Kier molecular flexibility index (Phi) is 4.98. The molecule has 1 fully saturated rings. The number of hydrogen-bond donors (Lipinski definition) is 2. The molecule has 0 saturated carbocycles. The van der Waals surface area contributed by atoms with E-state index in [1.54, 1.807) is 6.20 Å². The lowest BCUT2D eigenvalue weighted by molar-refractivity contribution is 0.194. The van der Waals surface area contributed by atoms with Crippen molar-refractivity contribution in [1.29, 1.82) is 0 Å². The van der Waals surface area contributed by atoms with Gasteiger partial charge in [0.15, 0.2) is 0 Å². The lowest BCUT2D eigenvalue weighted by atomic mass is 10.0. The first-order valence-corrected chi connectivity index (χ1v) is 8.34. The van der Waals surface area contributed by atoms with E-state index in [0.717, 1.165) is 30.0 Å². The van der Waals surface area contributed by atoms with Crippen LogP contribution in [0.3, 0.4) is 0 Å². The Bertz CT molecular complexity index is 676. The number of piperidine rings is 1. The van der Waals surface area contributed by atoms with Gasteiger partial charge in [0, 0.05) is 29.4 Å². The van der Waals surface area contributed by atoms with Crippen LogP contribution in [-0.2, 0) is 0 Å². The Morgan fingerprint density at radius 3 is 3.04 bits per heavy atom. The van der Waals surface area contributed by atoms with Gasteiger partial charge < -0.3 is 16.0 Å². The highest BCUT2D eigenvalue weighted by Gasteiger charge is 2.19. The van der Waals surface area contributed by atoms with Gasteiger partial charge in [0.25, 0.3) is 0 Å². The number of benzene rings is 1. The van der Waals surface area contributed by atoms with Crippen molar-refractivity contribution in [3.05, 3.63) is 35.5 Å². The summed E-state index contributed by atoms with van der Waals surface area (Å²) < 4.78 is 0. The van der Waals surface area contributed by atoms with E-state index in [4.69, 9.17) is 17.3 Å². The minimum atomic E-state index is 0.273. The molecule has 5 nitrogen and oxygen atoms in total. The van der Waals surface area contributed by atoms with E-state index in [1.807, 2.05) is 24.3 Å². The summed E-state index contributed by atoms with van der Waals surface area (Å²) in [5.41, 5.74) is 7.67. The maximum absolute atomic E-state index is 6.10. The first kappa shape index (κ1) is 16.0. The van der Waals surface area contributed by atoms with Crippen molar-refractivity contribution in [2.45, 2.75) is 25.3 Å². The molecule has 3 N–H and O–H groups in total. The molecule has 2 aromatic rings. The molecule has 23 heavy (non-hydrogen) atoms. The van der Waals surface area contributed by atoms with E-state index in [2.05, 4.69) is 27.2 Å². The second-order valence-corrected chi connectivity index (χ2v) is 6.45. The molecule has 0 bridgehead atoms. The predicted octanol–water partition coefficient (Wildman–Crippen LogP) is 3.28. The summed E-state index contributed by atoms with van der Waals surface area (Å²) in [6, 6.07) is 8.21. The molecular formula is C17H22ClN5. The van der Waals surface area contributed by atoms with Crippen molar-refractivity contribution in [3.63, 3.8) is 0 Å². The van der Waals surface area contributed by atoms with E-state index < -0.39 is 0 Å². The van der Waals surface area contributed by atoms with Crippen LogP contribution in [0.2, 0.25) is 5.02 Å². The van der Waals surface area contributed by atoms with Gasteiger partial charge in [-0.05, 0) is 44.1 Å². The van der Waals surface area contributed by atoms with Crippen LogP contribution >= 0.6 is 11.6 Å². The predicted molar refractivity (Wildman–Crippen MR) is 95.6 cm³/mol. The fourth-order valence-electron chi connectivity index (χ4n) is 3.01. The number of nitrogens with zero attached hydrogens (tertiary/aromatic N) is 3. The minimum Gasteiger partial charge on any atom is -0.368 e. The van der Waals surface area contributed by atoms with Crippen molar-refractivity contribution < 1.29 is 0 Å². The summed E-state index contributed by atoms with van der Waals surface area (Å²) in [6.07, 6.45) is 5.52. The first-order chi connectivity index (χ1) is 11.1. The molecule has 1 saturated heterocycles. The SMILES string of the molecule is CN1CCCCC1CNc1nc(N)ncc1-c1cccc(Cl)c1. The van der Waals surface area contributed by atoms with Gasteiger partial charge in [-0.3, -0.25) is 0 Å². The zero-order valence-electron chi connectivity index (χ0n) is 13.3. The number of halogens is 1. The topological polar surface area (TPSA) is 67.1 Å². The van der Waals surface area contributed by atoms with Crippen LogP contribution in [0.4, 0.5) is 11.8 Å². The van der Waals surface area contributed by atoms with Crippen LogP contribution in [0.15, 0.2) is 30.5 Å². The number of likely N-dealkylation sites (N-methyl/N-ethyl adjacent to an activating group) is 1. The van der Waals surface area contributed by atoms with Crippen LogP contribution in [0.25, 0.3) is 11.1 Å². The normalized spacial score (nSPS) is 18.8. The van der Waals surface area contributed by atoms with Crippen molar-refractivity contribution in [2.75, 3.05) is 31.2 Å². The van der Waals surface area contributed by atoms with Crippen molar-refractivity contribution >= 4 is 23.4 Å². The molecular weight excluding hydrogens is 310 g/mol. The highest BCUT2D eigenvalue weighted by molar-refractivity contribution is 6.30. The summed E-state index contributed by atoms with van der Waals surface area (Å²) in [5.74, 6) is 1.04. The molecule has 1 aromatic heterocycles. The molecule has 1 atom stereocenters. The van der Waals surface area contributed by atoms with Crippen LogP contribution in [0, 0.1) is 0 Å². The van der Waals surface area contributed by atoms with Crippen LogP contribution < -0.4 is 11.1 Å². The van der Waals surface area contributed by atoms with Gasteiger partial charge >= 0.3 is 0 Å². The Balaban J connectivity index is 1.82. The average Bonchev–Trinajstić information content (AvgIpc) is 2.54. The quantitative estimate of drug-likeness (QED) is 0.900. The van der Waals surface area contributed by atoms with Crippen LogP contribution in [0.1, 0.15) is 19.3 Å². The Labute approximate surface area is 141 Å². The fraction of sp³-hybridized carbons (Fsp3) is 0.412. The third-order valence-corrected chi connectivity index (χ3v) is 4.60. The number of likely N-dealkylation sites (tertiary alicyclic amines) is 1. The van der Waals surface area contributed by atoms with Gasteiger partial charge in [0.2, 0.25) is 5.95 Å². The maximum Gasteiger partial charge on any atom is 0.221 e. The Morgan fingerprint density at radius 1 is 1.39 bits per heavy atom. The summed E-state index contributed by atoms with van der Waals surface area (Å²) in [5, 5.41) is 4.15. The summed E-state index contributed by atoms with van der Waals surface area (Å²) in [6.45, 7) is 2.00. The number of nitrogen functional groups attached to an aromatic ring is 1. The smallest absolute Gasteiger partial charge is 0.221 e. The maximum atomic E-state index is 6.10. The number of anilines is 2. The lowest BCUT2D eigenvalue weighted by Crippen LogP contribution is -2.40. The molecule has 122 valence electrons. The van der Waals surface area contributed by atoms with Gasteiger partial charge in [0.05, 0.1) is 0 Å². The van der Waals surface area contributed by atoms with Crippen molar-refractivity contribution in [2.24, 2.45) is 0 Å². The lowest BCUT2D eigenvalue weighted by Gasteiger charge is -2.32. The molecule has 0 spiro atoms.